The summed E-state index contributed by atoms with van der Waals surface area (Å²) >= 11 is 0. The minimum absolute atomic E-state index is 0.170. The van der Waals surface area contributed by atoms with Gasteiger partial charge in [0.15, 0.2) is 0 Å². The van der Waals surface area contributed by atoms with E-state index in [1.54, 1.807) is 0 Å². The lowest BCUT2D eigenvalue weighted by molar-refractivity contribution is -0.146. The Balaban J connectivity index is 3.22. The van der Waals surface area contributed by atoms with Crippen molar-refractivity contribution in [3.05, 3.63) is 0 Å². The number of carboxylic acids is 1. The van der Waals surface area contributed by atoms with E-state index in [0.717, 1.165) is 12.8 Å². The Morgan fingerprint density at radius 2 is 1.29 bits per heavy atom. The molecule has 10 heteroatoms. The second-order valence-electron chi connectivity index (χ2n) is 6.81. The predicted molar refractivity (Wildman–Crippen MR) is 113 cm³/mol. The number of nitrogens with one attached hydrogen (secondary N) is 1. The monoisotopic (exact) mass is 449 g/mol. The first-order valence-electron chi connectivity index (χ1n) is 11.0. The van der Waals surface area contributed by atoms with Crippen molar-refractivity contribution in [2.45, 2.75) is 51.9 Å². The van der Waals surface area contributed by atoms with Gasteiger partial charge in [0, 0.05) is 13.0 Å². The normalized spacial score (nSPS) is 10.7. The minimum Gasteiger partial charge on any atom is -0.480 e. The van der Waals surface area contributed by atoms with E-state index in [4.69, 9.17) is 24.1 Å². The Morgan fingerprint density at radius 1 is 0.710 bits per heavy atom. The molecule has 0 heterocycles. The standard InChI is InChI=1S/C21H39NO9/c1-2-3-4-5-6-7-8-21(26)31-16-15-29-14-13-28-12-11-27-10-9-22-19(23)17-30-18-20(24)25/h2-18H2,1H3,(H,22,23)(H,24,25). The number of unbranched alkanes of at least 4 members (excludes halogenated alkanes) is 5. The Kier molecular flexibility index (Phi) is 21.6. The SMILES string of the molecule is CCCCCCCCC(=O)OCCOCCOCCOCCNC(=O)COCC(=O)O. The number of hydrogen-bond donors (Lipinski definition) is 2. The molecule has 0 aromatic carbocycles. The van der Waals surface area contributed by atoms with E-state index in [9.17, 15) is 14.4 Å². The molecule has 0 unspecified atom stereocenters. The highest BCUT2D eigenvalue weighted by molar-refractivity contribution is 5.77. The van der Waals surface area contributed by atoms with Gasteiger partial charge in [0.25, 0.3) is 0 Å². The molecule has 0 rings (SSSR count). The summed E-state index contributed by atoms with van der Waals surface area (Å²) in [4.78, 5) is 33.1. The van der Waals surface area contributed by atoms with Crippen LogP contribution < -0.4 is 5.32 Å². The van der Waals surface area contributed by atoms with Gasteiger partial charge >= 0.3 is 11.9 Å². The van der Waals surface area contributed by atoms with E-state index in [2.05, 4.69) is 17.0 Å². The molecule has 0 saturated heterocycles. The molecular weight excluding hydrogens is 410 g/mol. The van der Waals surface area contributed by atoms with E-state index in [1.807, 2.05) is 0 Å². The summed E-state index contributed by atoms with van der Waals surface area (Å²) in [5, 5.41) is 10.9. The lowest BCUT2D eigenvalue weighted by Crippen LogP contribution is -2.31. The third-order valence-corrected chi connectivity index (χ3v) is 4.00. The van der Waals surface area contributed by atoms with Crippen LogP contribution in [0.5, 0.6) is 0 Å². The Labute approximate surface area is 184 Å². The lowest BCUT2D eigenvalue weighted by atomic mass is 10.1. The fourth-order valence-corrected chi connectivity index (χ4v) is 2.42. The molecule has 0 aliphatic heterocycles. The average molecular weight is 450 g/mol. The topological polar surface area (TPSA) is 130 Å². The van der Waals surface area contributed by atoms with Crippen LogP contribution in [0.2, 0.25) is 0 Å². The van der Waals surface area contributed by atoms with Crippen LogP contribution in [-0.4, -0.2) is 89.0 Å². The highest BCUT2D eigenvalue weighted by Crippen LogP contribution is 2.07. The van der Waals surface area contributed by atoms with Crippen molar-refractivity contribution < 1.29 is 43.2 Å². The molecule has 10 nitrogen and oxygen atoms in total. The number of ether oxygens (including phenoxy) is 5. The summed E-state index contributed by atoms with van der Waals surface area (Å²) < 4.78 is 25.7. The summed E-state index contributed by atoms with van der Waals surface area (Å²) in [6.45, 7) is 4.18. The number of carboxylic acid groups (broad SMARTS) is 1. The van der Waals surface area contributed by atoms with Crippen molar-refractivity contribution in [1.82, 2.24) is 5.32 Å². The van der Waals surface area contributed by atoms with Gasteiger partial charge in [-0.2, -0.15) is 0 Å². The second kappa shape index (κ2) is 22.9. The third kappa shape index (κ3) is 24.4. The average Bonchev–Trinajstić information content (AvgIpc) is 2.73. The van der Waals surface area contributed by atoms with Crippen molar-refractivity contribution in [3.8, 4) is 0 Å². The molecular formula is C21H39NO9. The number of aliphatic carboxylic acids is 1. The molecule has 0 saturated carbocycles. The zero-order valence-corrected chi connectivity index (χ0v) is 18.7. The molecule has 0 atom stereocenters. The highest BCUT2D eigenvalue weighted by atomic mass is 16.6. The molecule has 0 bridgehead atoms. The summed E-state index contributed by atoms with van der Waals surface area (Å²) in [6, 6.07) is 0. The third-order valence-electron chi connectivity index (χ3n) is 4.00. The molecule has 0 radical (unpaired) electrons. The first-order valence-corrected chi connectivity index (χ1v) is 11.0. The van der Waals surface area contributed by atoms with E-state index >= 15 is 0 Å². The Bertz CT molecular complexity index is 460. The van der Waals surface area contributed by atoms with Crippen molar-refractivity contribution >= 4 is 17.8 Å². The number of amides is 1. The van der Waals surface area contributed by atoms with E-state index in [1.165, 1.54) is 25.7 Å². The predicted octanol–water partition coefficient (Wildman–Crippen LogP) is 1.55. The van der Waals surface area contributed by atoms with Gasteiger partial charge in [-0.3, -0.25) is 9.59 Å². The zero-order chi connectivity index (χ0) is 23.0. The Morgan fingerprint density at radius 3 is 1.94 bits per heavy atom. The number of hydrogen-bond acceptors (Lipinski definition) is 8. The first kappa shape index (κ1) is 29.2. The minimum atomic E-state index is -1.12. The number of rotatable bonds is 23. The van der Waals surface area contributed by atoms with Crippen molar-refractivity contribution in [3.63, 3.8) is 0 Å². The van der Waals surface area contributed by atoms with Crippen molar-refractivity contribution in [2.24, 2.45) is 0 Å². The maximum atomic E-state index is 11.6. The second-order valence-corrected chi connectivity index (χ2v) is 6.81. The molecule has 2 N–H and O–H groups in total. The van der Waals surface area contributed by atoms with Gasteiger partial charge < -0.3 is 34.1 Å². The smallest absolute Gasteiger partial charge is 0.329 e. The highest BCUT2D eigenvalue weighted by Gasteiger charge is 2.03. The molecule has 0 aromatic rings. The van der Waals surface area contributed by atoms with Crippen LogP contribution in [-0.2, 0) is 38.1 Å². The largest absolute Gasteiger partial charge is 0.480 e. The van der Waals surface area contributed by atoms with Crippen molar-refractivity contribution in [2.75, 3.05) is 66.0 Å². The molecule has 0 spiro atoms. The maximum Gasteiger partial charge on any atom is 0.329 e. The van der Waals surface area contributed by atoms with Crippen LogP contribution in [0.1, 0.15) is 51.9 Å². The van der Waals surface area contributed by atoms with Gasteiger partial charge in [0.05, 0.1) is 39.6 Å². The zero-order valence-electron chi connectivity index (χ0n) is 18.7. The quantitative estimate of drug-likeness (QED) is 0.176. The fourth-order valence-electron chi connectivity index (χ4n) is 2.42. The van der Waals surface area contributed by atoms with Gasteiger partial charge in [0.1, 0.15) is 19.8 Å². The summed E-state index contributed by atoms with van der Waals surface area (Å²) in [7, 11) is 0. The van der Waals surface area contributed by atoms with Gasteiger partial charge in [-0.15, -0.1) is 0 Å². The van der Waals surface area contributed by atoms with Crippen LogP contribution in [0.25, 0.3) is 0 Å². The molecule has 0 aliphatic carbocycles. The number of carbonyl (C=O) groups is 3. The van der Waals surface area contributed by atoms with Gasteiger partial charge in [-0.25, -0.2) is 4.79 Å². The van der Waals surface area contributed by atoms with Crippen LogP contribution in [0.15, 0.2) is 0 Å². The summed E-state index contributed by atoms with van der Waals surface area (Å²) in [5.41, 5.74) is 0. The van der Waals surface area contributed by atoms with Crippen LogP contribution in [0.3, 0.4) is 0 Å². The first-order chi connectivity index (χ1) is 15.1. The molecule has 0 fully saturated rings. The number of esters is 1. The fraction of sp³-hybridized carbons (Fsp3) is 0.857. The van der Waals surface area contributed by atoms with E-state index in [0.29, 0.717) is 52.6 Å². The van der Waals surface area contributed by atoms with Gasteiger partial charge in [-0.05, 0) is 6.42 Å². The van der Waals surface area contributed by atoms with E-state index in [-0.39, 0.29) is 19.2 Å². The Hall–Kier alpha value is -1.75. The van der Waals surface area contributed by atoms with Crippen LogP contribution >= 0.6 is 0 Å². The van der Waals surface area contributed by atoms with Crippen LogP contribution in [0.4, 0.5) is 0 Å². The lowest BCUT2D eigenvalue weighted by Gasteiger charge is -2.08. The molecule has 0 aromatic heterocycles. The van der Waals surface area contributed by atoms with E-state index < -0.39 is 18.5 Å². The van der Waals surface area contributed by atoms with Crippen LogP contribution in [0, 0.1) is 0 Å². The molecule has 0 aliphatic rings. The van der Waals surface area contributed by atoms with Gasteiger partial charge in [0.2, 0.25) is 5.91 Å². The number of carbonyl (C=O) groups excluding carboxylic acids is 2. The summed E-state index contributed by atoms with van der Waals surface area (Å²) in [6.07, 6.45) is 7.32. The molecule has 1 amide bonds. The molecule has 31 heavy (non-hydrogen) atoms. The molecule has 182 valence electrons. The summed E-state index contributed by atoms with van der Waals surface area (Å²) in [5.74, 6) is -1.69. The van der Waals surface area contributed by atoms with Gasteiger partial charge in [-0.1, -0.05) is 39.0 Å². The van der Waals surface area contributed by atoms with Crippen molar-refractivity contribution in [1.29, 1.82) is 0 Å². The maximum absolute atomic E-state index is 11.6.